The van der Waals surface area contributed by atoms with Crippen LogP contribution < -0.4 is 5.32 Å². The molecule has 1 heterocycles. The highest BCUT2D eigenvalue weighted by Gasteiger charge is 2.22. The number of carbonyl (C=O) groups excluding carboxylic acids is 1. The minimum atomic E-state index is -0.382. The standard InChI is InChI=1S/C23H27N3O/c1-15-10-9-11-16(2)22(15)24-23(27)19(5)26-18(4)21(17(3)25-26)14-20-12-7-6-8-13-20/h6-13,19H,14H2,1-5H3,(H,24,27). The molecule has 1 unspecified atom stereocenters. The van der Waals surface area contributed by atoms with Crippen LogP contribution >= 0.6 is 0 Å². The molecule has 2 aromatic carbocycles. The number of amides is 1. The molecule has 0 aliphatic rings. The SMILES string of the molecule is Cc1cccc(C)c1NC(=O)C(C)n1nc(C)c(Cc2ccccc2)c1C. The smallest absolute Gasteiger partial charge is 0.248 e. The first kappa shape index (κ1) is 18.9. The Hall–Kier alpha value is -2.88. The van der Waals surface area contributed by atoms with Crippen LogP contribution in [-0.2, 0) is 11.2 Å². The van der Waals surface area contributed by atoms with E-state index < -0.39 is 0 Å². The molecule has 0 fully saturated rings. The van der Waals surface area contributed by atoms with Crippen molar-refractivity contribution in [1.29, 1.82) is 0 Å². The zero-order valence-corrected chi connectivity index (χ0v) is 16.7. The molecule has 1 atom stereocenters. The number of carbonyl (C=O) groups is 1. The van der Waals surface area contributed by atoms with Gasteiger partial charge in [0, 0.05) is 23.4 Å². The van der Waals surface area contributed by atoms with Crippen molar-refractivity contribution in [3.63, 3.8) is 0 Å². The van der Waals surface area contributed by atoms with Crippen molar-refractivity contribution in [2.45, 2.75) is 47.1 Å². The van der Waals surface area contributed by atoms with Gasteiger partial charge in [0.25, 0.3) is 0 Å². The van der Waals surface area contributed by atoms with E-state index in [1.807, 2.05) is 75.7 Å². The fraction of sp³-hybridized carbons (Fsp3) is 0.304. The highest BCUT2D eigenvalue weighted by atomic mass is 16.2. The lowest BCUT2D eigenvalue weighted by atomic mass is 10.0. The van der Waals surface area contributed by atoms with Gasteiger partial charge in [0.2, 0.25) is 5.91 Å². The fourth-order valence-corrected chi connectivity index (χ4v) is 3.48. The molecule has 0 radical (unpaired) electrons. The Bertz CT molecular complexity index is 937. The van der Waals surface area contributed by atoms with Crippen molar-refractivity contribution in [3.8, 4) is 0 Å². The maximum atomic E-state index is 12.9. The van der Waals surface area contributed by atoms with Crippen LogP contribution in [-0.4, -0.2) is 15.7 Å². The van der Waals surface area contributed by atoms with Crippen LogP contribution in [0.5, 0.6) is 0 Å². The highest BCUT2D eigenvalue weighted by Crippen LogP contribution is 2.24. The molecule has 1 N–H and O–H groups in total. The van der Waals surface area contributed by atoms with Crippen LogP contribution in [0.15, 0.2) is 48.5 Å². The first-order chi connectivity index (χ1) is 12.9. The summed E-state index contributed by atoms with van der Waals surface area (Å²) >= 11 is 0. The maximum Gasteiger partial charge on any atom is 0.248 e. The first-order valence-electron chi connectivity index (χ1n) is 9.34. The molecule has 3 aromatic rings. The molecular formula is C23H27N3O. The average Bonchev–Trinajstić information content (AvgIpc) is 2.93. The topological polar surface area (TPSA) is 46.9 Å². The second-order valence-electron chi connectivity index (χ2n) is 7.19. The highest BCUT2D eigenvalue weighted by molar-refractivity contribution is 5.94. The van der Waals surface area contributed by atoms with Gasteiger partial charge in [-0.1, -0.05) is 48.5 Å². The minimum Gasteiger partial charge on any atom is -0.324 e. The maximum absolute atomic E-state index is 12.9. The Morgan fingerprint density at radius 2 is 1.63 bits per heavy atom. The largest absolute Gasteiger partial charge is 0.324 e. The van der Waals surface area contributed by atoms with Crippen LogP contribution in [0.25, 0.3) is 0 Å². The molecule has 0 bridgehead atoms. The van der Waals surface area contributed by atoms with Gasteiger partial charge in [-0.2, -0.15) is 5.10 Å². The van der Waals surface area contributed by atoms with Crippen molar-refractivity contribution >= 4 is 11.6 Å². The lowest BCUT2D eigenvalue weighted by molar-refractivity contribution is -0.119. The zero-order chi connectivity index (χ0) is 19.6. The molecule has 27 heavy (non-hydrogen) atoms. The monoisotopic (exact) mass is 361 g/mol. The van der Waals surface area contributed by atoms with Crippen molar-refractivity contribution in [3.05, 3.63) is 82.2 Å². The number of nitrogens with zero attached hydrogens (tertiary/aromatic N) is 2. The number of anilines is 1. The second kappa shape index (κ2) is 7.78. The van der Waals surface area contributed by atoms with E-state index in [0.717, 1.165) is 34.6 Å². The number of rotatable bonds is 5. The third kappa shape index (κ3) is 3.95. The number of aromatic nitrogens is 2. The van der Waals surface area contributed by atoms with E-state index in [0.29, 0.717) is 0 Å². The van der Waals surface area contributed by atoms with Gasteiger partial charge in [-0.3, -0.25) is 9.48 Å². The van der Waals surface area contributed by atoms with Gasteiger partial charge in [0.05, 0.1) is 5.69 Å². The average molecular weight is 361 g/mol. The summed E-state index contributed by atoms with van der Waals surface area (Å²) in [5.74, 6) is -0.0516. The first-order valence-corrected chi connectivity index (χ1v) is 9.34. The van der Waals surface area contributed by atoms with E-state index >= 15 is 0 Å². The molecule has 0 aliphatic heterocycles. The van der Waals surface area contributed by atoms with Crippen molar-refractivity contribution in [2.24, 2.45) is 0 Å². The molecule has 3 rings (SSSR count). The lowest BCUT2D eigenvalue weighted by Crippen LogP contribution is -2.26. The number of benzene rings is 2. The Labute approximate surface area is 161 Å². The van der Waals surface area contributed by atoms with E-state index in [9.17, 15) is 4.79 Å². The summed E-state index contributed by atoms with van der Waals surface area (Å²) in [6.07, 6.45) is 0.823. The number of hydrogen-bond donors (Lipinski definition) is 1. The van der Waals surface area contributed by atoms with Gasteiger partial charge in [0.15, 0.2) is 0 Å². The van der Waals surface area contributed by atoms with Crippen LogP contribution in [0.2, 0.25) is 0 Å². The predicted octanol–water partition coefficient (Wildman–Crippen LogP) is 4.91. The van der Waals surface area contributed by atoms with E-state index in [1.165, 1.54) is 11.1 Å². The van der Waals surface area contributed by atoms with E-state index in [1.54, 1.807) is 0 Å². The molecule has 1 aromatic heterocycles. The minimum absolute atomic E-state index is 0.0516. The van der Waals surface area contributed by atoms with Crippen molar-refractivity contribution in [2.75, 3.05) is 5.32 Å². The predicted molar refractivity (Wildman–Crippen MR) is 110 cm³/mol. The Morgan fingerprint density at radius 3 is 2.26 bits per heavy atom. The van der Waals surface area contributed by atoms with Crippen molar-refractivity contribution in [1.82, 2.24) is 9.78 Å². The van der Waals surface area contributed by atoms with Gasteiger partial charge in [-0.05, 0) is 51.3 Å². The van der Waals surface area contributed by atoms with Crippen molar-refractivity contribution < 1.29 is 4.79 Å². The summed E-state index contributed by atoms with van der Waals surface area (Å²) in [7, 11) is 0. The summed E-state index contributed by atoms with van der Waals surface area (Å²) in [6, 6.07) is 16.0. The van der Waals surface area contributed by atoms with Gasteiger partial charge < -0.3 is 5.32 Å². The van der Waals surface area contributed by atoms with Gasteiger partial charge in [-0.15, -0.1) is 0 Å². The lowest BCUT2D eigenvalue weighted by Gasteiger charge is -2.17. The number of para-hydroxylation sites is 1. The summed E-state index contributed by atoms with van der Waals surface area (Å²) in [5.41, 5.74) is 7.47. The molecule has 0 aliphatic carbocycles. The fourth-order valence-electron chi connectivity index (χ4n) is 3.48. The van der Waals surface area contributed by atoms with E-state index in [4.69, 9.17) is 0 Å². The van der Waals surface area contributed by atoms with Gasteiger partial charge in [-0.25, -0.2) is 0 Å². The Morgan fingerprint density at radius 1 is 1.00 bits per heavy atom. The van der Waals surface area contributed by atoms with E-state index in [2.05, 4.69) is 22.5 Å². The molecule has 0 spiro atoms. The van der Waals surface area contributed by atoms with Crippen LogP contribution in [0.4, 0.5) is 5.69 Å². The molecule has 1 amide bonds. The quantitative estimate of drug-likeness (QED) is 0.702. The van der Waals surface area contributed by atoms with Crippen LogP contribution in [0.3, 0.4) is 0 Å². The zero-order valence-electron chi connectivity index (χ0n) is 16.7. The molecular weight excluding hydrogens is 334 g/mol. The molecule has 140 valence electrons. The summed E-state index contributed by atoms with van der Waals surface area (Å²) in [4.78, 5) is 12.9. The molecule has 4 nitrogen and oxygen atoms in total. The number of nitrogens with one attached hydrogen (secondary N) is 1. The van der Waals surface area contributed by atoms with Crippen LogP contribution in [0.1, 0.15) is 46.6 Å². The van der Waals surface area contributed by atoms with Crippen LogP contribution in [0, 0.1) is 27.7 Å². The summed E-state index contributed by atoms with van der Waals surface area (Å²) in [5, 5.41) is 7.75. The Kier molecular flexibility index (Phi) is 5.45. The summed E-state index contributed by atoms with van der Waals surface area (Å²) < 4.78 is 1.84. The second-order valence-corrected chi connectivity index (χ2v) is 7.19. The number of aryl methyl sites for hydroxylation is 3. The normalized spacial score (nSPS) is 12.0. The summed E-state index contributed by atoms with van der Waals surface area (Å²) in [6.45, 7) is 9.97. The number of hydrogen-bond acceptors (Lipinski definition) is 2. The van der Waals surface area contributed by atoms with Gasteiger partial charge in [0.1, 0.15) is 6.04 Å². The molecule has 0 saturated heterocycles. The Balaban J connectivity index is 1.83. The molecule has 0 saturated carbocycles. The molecule has 4 heteroatoms. The third-order valence-electron chi connectivity index (χ3n) is 5.17. The third-order valence-corrected chi connectivity index (χ3v) is 5.17. The van der Waals surface area contributed by atoms with Gasteiger partial charge >= 0.3 is 0 Å². The van der Waals surface area contributed by atoms with E-state index in [-0.39, 0.29) is 11.9 Å².